The molecule has 0 saturated carbocycles. The normalized spacial score (nSPS) is 10.0. The van der Waals surface area contributed by atoms with Crippen molar-refractivity contribution >= 4 is 34.6 Å². The first-order valence-corrected chi connectivity index (χ1v) is 8.21. The number of amides is 2. The maximum absolute atomic E-state index is 12.1. The molecule has 0 aromatic heterocycles. The molecule has 3 rings (SSSR count). The number of ketones is 1. The van der Waals surface area contributed by atoms with E-state index < -0.39 is 0 Å². The van der Waals surface area contributed by atoms with Crippen LogP contribution in [0.15, 0.2) is 78.9 Å². The van der Waals surface area contributed by atoms with Crippen LogP contribution in [0, 0.1) is 0 Å². The van der Waals surface area contributed by atoms with Crippen LogP contribution in [0.3, 0.4) is 0 Å². The van der Waals surface area contributed by atoms with E-state index in [1.165, 1.54) is 6.92 Å². The fourth-order valence-electron chi connectivity index (χ4n) is 2.43. The Balaban J connectivity index is 1.59. The van der Waals surface area contributed by atoms with E-state index in [0.29, 0.717) is 16.9 Å². The zero-order chi connectivity index (χ0) is 18.4. The standard InChI is InChI=1S/C21H19N3O2/c1-15(25)16-6-5-9-20(14-16)24-21(26)23-19-12-10-18(11-13-19)22-17-7-3-2-4-8-17/h2-14,22H,1H3,(H2,23,24,26). The lowest BCUT2D eigenvalue weighted by molar-refractivity contribution is 0.101. The van der Waals surface area contributed by atoms with Gasteiger partial charge in [-0.1, -0.05) is 30.3 Å². The van der Waals surface area contributed by atoms with Crippen LogP contribution in [0.1, 0.15) is 17.3 Å². The summed E-state index contributed by atoms with van der Waals surface area (Å²) < 4.78 is 0. The van der Waals surface area contributed by atoms with E-state index in [4.69, 9.17) is 0 Å². The third kappa shape index (κ3) is 4.70. The number of anilines is 4. The second kappa shape index (κ2) is 7.98. The van der Waals surface area contributed by atoms with Gasteiger partial charge in [0.2, 0.25) is 0 Å². The molecule has 0 aliphatic heterocycles. The highest BCUT2D eigenvalue weighted by molar-refractivity contribution is 6.01. The van der Waals surface area contributed by atoms with Crippen molar-refractivity contribution in [2.45, 2.75) is 6.92 Å². The molecule has 0 fully saturated rings. The van der Waals surface area contributed by atoms with Gasteiger partial charge in [0.05, 0.1) is 0 Å². The number of hydrogen-bond acceptors (Lipinski definition) is 3. The molecular weight excluding hydrogens is 326 g/mol. The maximum atomic E-state index is 12.1. The van der Waals surface area contributed by atoms with Crippen LogP contribution in [0.2, 0.25) is 0 Å². The van der Waals surface area contributed by atoms with Crippen LogP contribution >= 0.6 is 0 Å². The van der Waals surface area contributed by atoms with E-state index in [0.717, 1.165) is 11.4 Å². The van der Waals surface area contributed by atoms with Gasteiger partial charge in [0.25, 0.3) is 0 Å². The number of benzene rings is 3. The molecule has 0 bridgehead atoms. The minimum atomic E-state index is -0.366. The summed E-state index contributed by atoms with van der Waals surface area (Å²) in [6.45, 7) is 1.49. The van der Waals surface area contributed by atoms with Crippen LogP contribution in [-0.4, -0.2) is 11.8 Å². The number of Topliss-reactive ketones (excluding diaryl/α,β-unsaturated/α-hetero) is 1. The predicted octanol–water partition coefficient (Wildman–Crippen LogP) is 5.28. The van der Waals surface area contributed by atoms with Gasteiger partial charge < -0.3 is 16.0 Å². The lowest BCUT2D eigenvalue weighted by Crippen LogP contribution is -2.19. The highest BCUT2D eigenvalue weighted by Crippen LogP contribution is 2.19. The fourth-order valence-corrected chi connectivity index (χ4v) is 2.43. The SMILES string of the molecule is CC(=O)c1cccc(NC(=O)Nc2ccc(Nc3ccccc3)cc2)c1. The Hall–Kier alpha value is -3.60. The molecule has 2 amide bonds. The summed E-state index contributed by atoms with van der Waals surface area (Å²) in [5.41, 5.74) is 3.72. The number of urea groups is 1. The summed E-state index contributed by atoms with van der Waals surface area (Å²) >= 11 is 0. The molecule has 3 aromatic carbocycles. The van der Waals surface area contributed by atoms with E-state index in [1.807, 2.05) is 54.6 Å². The summed E-state index contributed by atoms with van der Waals surface area (Å²) in [5.74, 6) is -0.0458. The first-order valence-electron chi connectivity index (χ1n) is 8.21. The van der Waals surface area contributed by atoms with Gasteiger partial charge >= 0.3 is 6.03 Å². The van der Waals surface area contributed by atoms with Gasteiger partial charge in [-0.2, -0.15) is 0 Å². The Morgan fingerprint density at radius 3 is 1.92 bits per heavy atom. The second-order valence-electron chi connectivity index (χ2n) is 5.78. The third-order valence-corrected chi connectivity index (χ3v) is 3.73. The van der Waals surface area contributed by atoms with Gasteiger partial charge in [-0.3, -0.25) is 4.79 Å². The van der Waals surface area contributed by atoms with Crippen molar-refractivity contribution in [2.24, 2.45) is 0 Å². The van der Waals surface area contributed by atoms with E-state index in [9.17, 15) is 9.59 Å². The summed E-state index contributed by atoms with van der Waals surface area (Å²) in [6.07, 6.45) is 0. The van der Waals surface area contributed by atoms with Gasteiger partial charge in [-0.15, -0.1) is 0 Å². The molecule has 5 heteroatoms. The molecule has 3 N–H and O–H groups in total. The molecule has 0 aliphatic carbocycles. The van der Waals surface area contributed by atoms with Crippen LogP contribution in [-0.2, 0) is 0 Å². The van der Waals surface area contributed by atoms with Crippen LogP contribution in [0.4, 0.5) is 27.5 Å². The lowest BCUT2D eigenvalue weighted by Gasteiger charge is -2.10. The molecule has 0 aliphatic rings. The summed E-state index contributed by atoms with van der Waals surface area (Å²) in [5, 5.41) is 8.77. The second-order valence-corrected chi connectivity index (χ2v) is 5.78. The topological polar surface area (TPSA) is 70.2 Å². The average molecular weight is 345 g/mol. The van der Waals surface area contributed by atoms with Gasteiger partial charge in [0.15, 0.2) is 5.78 Å². The van der Waals surface area contributed by atoms with E-state index >= 15 is 0 Å². The van der Waals surface area contributed by atoms with Crippen molar-refractivity contribution in [3.05, 3.63) is 84.4 Å². The first-order chi connectivity index (χ1) is 12.6. The van der Waals surface area contributed by atoms with Crippen LogP contribution in [0.25, 0.3) is 0 Å². The summed E-state index contributed by atoms with van der Waals surface area (Å²) in [6, 6.07) is 23.7. The Morgan fingerprint density at radius 1 is 0.654 bits per heavy atom. The number of para-hydroxylation sites is 1. The molecule has 26 heavy (non-hydrogen) atoms. The van der Waals surface area contributed by atoms with Crippen LogP contribution < -0.4 is 16.0 Å². The highest BCUT2D eigenvalue weighted by Gasteiger charge is 2.05. The minimum Gasteiger partial charge on any atom is -0.356 e. The van der Waals surface area contributed by atoms with Gasteiger partial charge in [-0.25, -0.2) is 4.79 Å². The molecule has 0 radical (unpaired) electrons. The average Bonchev–Trinajstić information content (AvgIpc) is 2.64. The maximum Gasteiger partial charge on any atom is 0.323 e. The van der Waals surface area contributed by atoms with Crippen molar-refractivity contribution in [1.29, 1.82) is 0 Å². The summed E-state index contributed by atoms with van der Waals surface area (Å²) in [4.78, 5) is 23.5. The first kappa shape index (κ1) is 17.2. The van der Waals surface area contributed by atoms with Crippen molar-refractivity contribution in [3.63, 3.8) is 0 Å². The molecule has 130 valence electrons. The van der Waals surface area contributed by atoms with Crippen molar-refractivity contribution in [2.75, 3.05) is 16.0 Å². The van der Waals surface area contributed by atoms with Crippen molar-refractivity contribution in [1.82, 2.24) is 0 Å². The Kier molecular flexibility index (Phi) is 5.29. The monoisotopic (exact) mass is 345 g/mol. The zero-order valence-electron chi connectivity index (χ0n) is 14.3. The molecule has 5 nitrogen and oxygen atoms in total. The smallest absolute Gasteiger partial charge is 0.323 e. The van der Waals surface area contributed by atoms with Crippen molar-refractivity contribution < 1.29 is 9.59 Å². The Bertz CT molecular complexity index is 906. The van der Waals surface area contributed by atoms with E-state index in [2.05, 4.69) is 16.0 Å². The zero-order valence-corrected chi connectivity index (χ0v) is 14.3. The van der Waals surface area contributed by atoms with E-state index in [1.54, 1.807) is 24.3 Å². The minimum absolute atomic E-state index is 0.0458. The number of nitrogens with one attached hydrogen (secondary N) is 3. The largest absolute Gasteiger partial charge is 0.356 e. The Labute approximate surface area is 152 Å². The van der Waals surface area contributed by atoms with Gasteiger partial charge in [-0.05, 0) is 55.5 Å². The fraction of sp³-hybridized carbons (Fsp3) is 0.0476. The summed E-state index contributed by atoms with van der Waals surface area (Å²) in [7, 11) is 0. The quantitative estimate of drug-likeness (QED) is 0.551. The van der Waals surface area contributed by atoms with E-state index in [-0.39, 0.29) is 11.8 Å². The molecule has 0 saturated heterocycles. The molecule has 3 aromatic rings. The molecule has 0 atom stereocenters. The Morgan fingerprint density at radius 2 is 1.23 bits per heavy atom. The lowest BCUT2D eigenvalue weighted by atomic mass is 10.1. The number of rotatable bonds is 5. The van der Waals surface area contributed by atoms with Gasteiger partial charge in [0, 0.05) is 28.3 Å². The number of carbonyl (C=O) groups is 2. The molecular formula is C21H19N3O2. The van der Waals surface area contributed by atoms with Gasteiger partial charge in [0.1, 0.15) is 0 Å². The number of hydrogen-bond donors (Lipinski definition) is 3. The highest BCUT2D eigenvalue weighted by atomic mass is 16.2. The van der Waals surface area contributed by atoms with Crippen molar-refractivity contribution in [3.8, 4) is 0 Å². The molecule has 0 unspecified atom stereocenters. The molecule has 0 spiro atoms. The predicted molar refractivity (Wildman–Crippen MR) is 105 cm³/mol. The third-order valence-electron chi connectivity index (χ3n) is 3.73. The molecule has 0 heterocycles. The number of carbonyl (C=O) groups excluding carboxylic acids is 2. The van der Waals surface area contributed by atoms with Crippen LogP contribution in [0.5, 0.6) is 0 Å².